The molecule has 10 N–H and O–H groups in total. The van der Waals surface area contributed by atoms with E-state index in [1.54, 1.807) is 38.1 Å². The Kier molecular flexibility index (Phi) is 16.0. The molecule has 5 aliphatic heterocycles. The third-order valence-corrected chi connectivity index (χ3v) is 17.4. The minimum Gasteiger partial charge on any atom is -0.463 e. The molecule has 0 saturated carbocycles. The molecule has 440 valence electrons. The number of amides is 1. The van der Waals surface area contributed by atoms with E-state index in [1.807, 2.05) is 54.1 Å². The number of phosphoric acid groups is 2. The van der Waals surface area contributed by atoms with Crippen LogP contribution in [0.4, 0.5) is 17.2 Å². The Labute approximate surface area is 468 Å². The SMILES string of the molecule is Cc1cc2nc3c(=O)[nH]c(=O)nc-3n(C[C@H](O)[C@H](O)[C@H](O)COP(=O)(O)OP(=O)(O)OC[C@H]3O[C@@H](n4cnc5c(NCCNC(=O)CCN6c7ccccc7C(C)(C)C67C=Cc6cc([N+](=O)[O-])ccc6O7)ncnc54)[C@H](O)[C@@H]3O)c2cc1C. The molecule has 0 bridgehead atoms. The van der Waals surface area contributed by atoms with E-state index in [0.717, 1.165) is 22.4 Å². The van der Waals surface area contributed by atoms with Crippen molar-refractivity contribution < 1.29 is 77.0 Å². The number of nitrogens with zero attached hydrogens (tertiary/aromatic N) is 9. The lowest BCUT2D eigenvalue weighted by Crippen LogP contribution is -2.60. The molecule has 1 spiro atoms. The highest BCUT2D eigenvalue weighted by Gasteiger charge is 2.59. The Hall–Kier alpha value is -7.48. The summed E-state index contributed by atoms with van der Waals surface area (Å²) in [6.07, 6.45) is -6.61. The summed E-state index contributed by atoms with van der Waals surface area (Å²) >= 11 is 0. The molecule has 10 atom stereocenters. The topological polar surface area (TPSA) is 434 Å². The number of rotatable bonds is 21. The Morgan fingerprint density at radius 2 is 1.70 bits per heavy atom. The van der Waals surface area contributed by atoms with E-state index in [2.05, 4.69) is 44.4 Å². The molecule has 83 heavy (non-hydrogen) atoms. The van der Waals surface area contributed by atoms with Crippen LogP contribution in [0.2, 0.25) is 0 Å². The van der Waals surface area contributed by atoms with Gasteiger partial charge in [-0.05, 0) is 80.8 Å². The number of carbonyl (C=O) groups is 1. The summed E-state index contributed by atoms with van der Waals surface area (Å²) in [7, 11) is -11.2. The molecule has 0 radical (unpaired) electrons. The second kappa shape index (κ2) is 22.6. The van der Waals surface area contributed by atoms with Gasteiger partial charge in [0.2, 0.25) is 11.6 Å². The molecule has 1 fully saturated rings. The summed E-state index contributed by atoms with van der Waals surface area (Å²) in [5.41, 5.74) is 0.886. The fraction of sp³-hybridized carbons (Fsp3) is 0.400. The maximum absolute atomic E-state index is 13.4. The summed E-state index contributed by atoms with van der Waals surface area (Å²) in [5.74, 6) is 0.149. The molecule has 7 heterocycles. The zero-order valence-electron chi connectivity index (χ0n) is 44.4. The Bertz CT molecular complexity index is 3900. The van der Waals surface area contributed by atoms with Gasteiger partial charge in [-0.3, -0.25) is 38.3 Å². The fourth-order valence-corrected chi connectivity index (χ4v) is 12.4. The zero-order valence-corrected chi connectivity index (χ0v) is 46.2. The van der Waals surface area contributed by atoms with Crippen molar-refractivity contribution in [1.29, 1.82) is 0 Å². The van der Waals surface area contributed by atoms with Crippen LogP contribution in [0.25, 0.3) is 39.8 Å². The predicted molar refractivity (Wildman–Crippen MR) is 291 cm³/mol. The number of benzene rings is 3. The summed E-state index contributed by atoms with van der Waals surface area (Å²) in [6.45, 7) is 5.29. The lowest BCUT2D eigenvalue weighted by Gasteiger charge is -2.47. The highest BCUT2D eigenvalue weighted by atomic mass is 31.3. The van der Waals surface area contributed by atoms with Gasteiger partial charge in [0.25, 0.3) is 11.2 Å². The summed E-state index contributed by atoms with van der Waals surface area (Å²) < 4.78 is 54.5. The molecule has 33 heteroatoms. The third kappa shape index (κ3) is 11.4. The minimum absolute atomic E-state index is 0.0630. The summed E-state index contributed by atoms with van der Waals surface area (Å²) in [5, 5.41) is 71.9. The second-order valence-corrected chi connectivity index (χ2v) is 23.5. The van der Waals surface area contributed by atoms with Gasteiger partial charge in [-0.15, -0.1) is 0 Å². The van der Waals surface area contributed by atoms with E-state index < -0.39 is 106 Å². The van der Waals surface area contributed by atoms with Gasteiger partial charge in [-0.2, -0.15) is 9.29 Å². The molecular weight excluding hydrogens is 1130 g/mol. The largest absolute Gasteiger partial charge is 0.481 e. The van der Waals surface area contributed by atoms with Crippen molar-refractivity contribution in [1.82, 2.24) is 44.4 Å². The smallest absolute Gasteiger partial charge is 0.463 e. The number of imidazole rings is 1. The van der Waals surface area contributed by atoms with Crippen LogP contribution in [0.3, 0.4) is 0 Å². The van der Waals surface area contributed by atoms with Gasteiger partial charge in [-0.1, -0.05) is 18.2 Å². The minimum atomic E-state index is -5.63. The van der Waals surface area contributed by atoms with E-state index in [0.29, 0.717) is 11.3 Å². The number of phosphoric ester groups is 2. The number of nitrogens with one attached hydrogen (secondary N) is 3. The number of non-ortho nitro benzene ring substituents is 1. The van der Waals surface area contributed by atoms with Crippen molar-refractivity contribution in [2.45, 2.75) is 94.7 Å². The van der Waals surface area contributed by atoms with E-state index >= 15 is 0 Å². The van der Waals surface area contributed by atoms with Gasteiger partial charge >= 0.3 is 21.3 Å². The van der Waals surface area contributed by atoms with Crippen LogP contribution >= 0.6 is 15.6 Å². The van der Waals surface area contributed by atoms with Crippen LogP contribution in [0, 0.1) is 24.0 Å². The van der Waals surface area contributed by atoms with E-state index in [4.69, 9.17) is 14.0 Å². The van der Waals surface area contributed by atoms with Gasteiger partial charge in [-0.25, -0.2) is 33.9 Å². The first-order chi connectivity index (χ1) is 39.3. The number of ether oxygens (including phenoxy) is 2. The standard InChI is InChI=1S/C50H56N12O19P2/c1-25-17-30-32(18-26(25)2)59(45-39(56-30)46(69)58-48(70)57-45)20-33(63)40(66)34(64)21-77-82(73,74)81-83(75,76)78-22-36-41(67)42(68)47(79-36)60-24-55-38-43(53-23-54-44(38)60)52-15-14-51-37(65)12-16-61-31-8-6-5-7-29(31)49(3,4)50(61)13-11-27-19-28(62(71)72)9-10-35(27)80-50/h5-11,13,17-19,23-24,33-34,36,40-42,47,63-64,66-68H,12,14-16,20-22H2,1-4H3,(H,51,65)(H,73,74)(H,75,76)(H,52,53,54)(H,58,69,70)/t33-,34+,36+,40-,41+,42+,47+,50?/m0/s1. The number of nitro groups is 1. The molecule has 2 aromatic heterocycles. The van der Waals surface area contributed by atoms with E-state index in [9.17, 15) is 68.9 Å². The van der Waals surface area contributed by atoms with Crippen LogP contribution in [-0.4, -0.2) is 160 Å². The van der Waals surface area contributed by atoms with Crippen LogP contribution in [-0.2, 0) is 44.0 Å². The van der Waals surface area contributed by atoms with Crippen LogP contribution < -0.4 is 31.5 Å². The van der Waals surface area contributed by atoms with E-state index in [-0.39, 0.29) is 77.2 Å². The van der Waals surface area contributed by atoms with Crippen molar-refractivity contribution in [3.8, 4) is 17.3 Å². The summed E-state index contributed by atoms with van der Waals surface area (Å²) in [4.78, 5) is 94.9. The maximum Gasteiger partial charge on any atom is 0.481 e. The monoisotopic (exact) mass is 1190 g/mol. The number of fused-ring (bicyclic) bond motifs is 5. The zero-order chi connectivity index (χ0) is 59.5. The van der Waals surface area contributed by atoms with Crippen LogP contribution in [0.15, 0.2) is 82.9 Å². The molecule has 3 unspecified atom stereocenters. The highest BCUT2D eigenvalue weighted by Crippen LogP contribution is 2.61. The van der Waals surface area contributed by atoms with Crippen molar-refractivity contribution in [3.63, 3.8) is 0 Å². The van der Waals surface area contributed by atoms with Gasteiger partial charge in [0, 0.05) is 49.4 Å². The number of hydrogen-bond acceptors (Lipinski definition) is 24. The van der Waals surface area contributed by atoms with Crippen LogP contribution in [0.5, 0.6) is 5.75 Å². The molecule has 1 saturated heterocycles. The van der Waals surface area contributed by atoms with Gasteiger partial charge < -0.3 is 64.9 Å². The number of hydrogen-bond donors (Lipinski definition) is 10. The molecule has 5 aliphatic rings. The van der Waals surface area contributed by atoms with Crippen molar-refractivity contribution >= 4 is 67.0 Å². The first-order valence-corrected chi connectivity index (χ1v) is 28.6. The Balaban J connectivity index is 0.705. The molecule has 3 aromatic carbocycles. The number of carbonyl (C=O) groups excluding carboxylic acids is 1. The molecule has 1 amide bonds. The number of aliphatic hydroxyl groups excluding tert-OH is 5. The number of H-pyrrole nitrogens is 1. The molecular formula is C50H56N12O19P2. The average Bonchev–Trinajstić information content (AvgIpc) is 2.01. The van der Waals surface area contributed by atoms with Gasteiger partial charge in [0.1, 0.15) is 48.7 Å². The number of aryl methyl sites for hydroxylation is 2. The lowest BCUT2D eigenvalue weighted by atomic mass is 9.76. The van der Waals surface area contributed by atoms with Crippen LogP contribution in [0.1, 0.15) is 48.8 Å². The lowest BCUT2D eigenvalue weighted by molar-refractivity contribution is -0.384. The first kappa shape index (κ1) is 58.7. The highest BCUT2D eigenvalue weighted by molar-refractivity contribution is 7.61. The van der Waals surface area contributed by atoms with Gasteiger partial charge in [0.05, 0.1) is 47.5 Å². The van der Waals surface area contributed by atoms with Crippen molar-refractivity contribution in [2.24, 2.45) is 0 Å². The van der Waals surface area contributed by atoms with Crippen molar-refractivity contribution in [2.75, 3.05) is 43.1 Å². The van der Waals surface area contributed by atoms with E-state index in [1.165, 1.54) is 33.9 Å². The predicted octanol–water partition coefficient (Wildman–Crippen LogP) is 1.42. The quantitative estimate of drug-likeness (QED) is 0.0160. The molecule has 10 rings (SSSR count). The number of anilines is 2. The number of nitro benzene ring substituents is 1. The molecule has 31 nitrogen and oxygen atoms in total. The first-order valence-electron chi connectivity index (χ1n) is 25.6. The second-order valence-electron chi connectivity index (χ2n) is 20.5. The van der Waals surface area contributed by atoms with Gasteiger partial charge in [0.15, 0.2) is 34.7 Å². The van der Waals surface area contributed by atoms with Crippen molar-refractivity contribution in [3.05, 3.63) is 127 Å². The molecule has 0 aliphatic carbocycles. The number of aliphatic hydroxyl groups is 5. The average molecular weight is 1190 g/mol. The normalized spacial score (nSPS) is 22.4. The maximum atomic E-state index is 13.4. The number of aromatic amines is 1. The third-order valence-electron chi connectivity index (χ3n) is 14.8. The number of para-hydroxylation sites is 1. The number of aromatic nitrogens is 8. The molecule has 5 aromatic rings. The Morgan fingerprint density at radius 1 is 0.952 bits per heavy atom. The fourth-order valence-electron chi connectivity index (χ4n) is 10.3. The summed E-state index contributed by atoms with van der Waals surface area (Å²) in [6, 6.07) is 15.5. The Morgan fingerprint density at radius 3 is 2.47 bits per heavy atom.